The largest absolute Gasteiger partial charge is 0.396 e. The summed E-state index contributed by atoms with van der Waals surface area (Å²) < 4.78 is 0. The van der Waals surface area contributed by atoms with Gasteiger partial charge in [0.1, 0.15) is 0 Å². The standard InChI is InChI=1S/C15H22ClNO2/c1-4-15(5-2,10-18)9-17-14(19)12-7-6-11(3)13(16)8-12/h6-8,18H,4-5,9-10H2,1-3H3,(H,17,19). The zero-order chi connectivity index (χ0) is 14.5. The normalized spacial score (nSPS) is 11.4. The Morgan fingerprint density at radius 1 is 1.37 bits per heavy atom. The second kappa shape index (κ2) is 6.92. The zero-order valence-corrected chi connectivity index (χ0v) is 12.5. The third-order valence-electron chi connectivity index (χ3n) is 3.89. The SMILES string of the molecule is CCC(CC)(CO)CNC(=O)c1ccc(C)c(Cl)c1. The van der Waals surface area contributed by atoms with Gasteiger partial charge in [-0.25, -0.2) is 0 Å². The topological polar surface area (TPSA) is 49.3 Å². The molecule has 0 bridgehead atoms. The van der Waals surface area contributed by atoms with Gasteiger partial charge in [-0.05, 0) is 37.5 Å². The number of hydrogen-bond acceptors (Lipinski definition) is 2. The van der Waals surface area contributed by atoms with Crippen LogP contribution in [0, 0.1) is 12.3 Å². The minimum atomic E-state index is -0.232. The highest BCUT2D eigenvalue weighted by atomic mass is 35.5. The average Bonchev–Trinajstić information content (AvgIpc) is 2.43. The summed E-state index contributed by atoms with van der Waals surface area (Å²) in [7, 11) is 0. The number of aliphatic hydroxyl groups is 1. The molecule has 1 rings (SSSR count). The molecule has 0 aliphatic carbocycles. The first-order valence-electron chi connectivity index (χ1n) is 6.63. The lowest BCUT2D eigenvalue weighted by Gasteiger charge is -2.29. The van der Waals surface area contributed by atoms with E-state index in [1.54, 1.807) is 12.1 Å². The van der Waals surface area contributed by atoms with Crippen LogP contribution in [-0.4, -0.2) is 24.2 Å². The van der Waals surface area contributed by atoms with E-state index in [2.05, 4.69) is 5.32 Å². The van der Waals surface area contributed by atoms with Crippen LogP contribution >= 0.6 is 11.6 Å². The van der Waals surface area contributed by atoms with E-state index < -0.39 is 0 Å². The molecule has 0 aliphatic heterocycles. The summed E-state index contributed by atoms with van der Waals surface area (Å²) in [5.41, 5.74) is 1.27. The second-order valence-corrected chi connectivity index (χ2v) is 5.42. The predicted octanol–water partition coefficient (Wildman–Crippen LogP) is 3.18. The number of hydrogen-bond donors (Lipinski definition) is 2. The number of amides is 1. The lowest BCUT2D eigenvalue weighted by atomic mass is 9.83. The fourth-order valence-corrected chi connectivity index (χ4v) is 2.06. The van der Waals surface area contributed by atoms with Crippen LogP contribution in [0.2, 0.25) is 5.02 Å². The molecule has 19 heavy (non-hydrogen) atoms. The molecule has 0 aromatic heterocycles. The third kappa shape index (κ3) is 3.95. The smallest absolute Gasteiger partial charge is 0.251 e. The highest BCUT2D eigenvalue weighted by molar-refractivity contribution is 6.31. The van der Waals surface area contributed by atoms with Gasteiger partial charge in [0.05, 0.1) is 6.61 Å². The molecule has 1 aromatic carbocycles. The fourth-order valence-electron chi connectivity index (χ4n) is 1.88. The Bertz CT molecular complexity index is 434. The quantitative estimate of drug-likeness (QED) is 0.842. The van der Waals surface area contributed by atoms with E-state index in [0.717, 1.165) is 18.4 Å². The molecule has 2 N–H and O–H groups in total. The number of rotatable bonds is 6. The van der Waals surface area contributed by atoms with Gasteiger partial charge in [-0.3, -0.25) is 4.79 Å². The molecule has 0 aliphatic rings. The molecule has 0 spiro atoms. The Morgan fingerprint density at radius 3 is 2.47 bits per heavy atom. The van der Waals surface area contributed by atoms with Gasteiger partial charge in [-0.1, -0.05) is 31.5 Å². The first-order chi connectivity index (χ1) is 8.98. The number of benzene rings is 1. The van der Waals surface area contributed by atoms with Crippen LogP contribution in [0.1, 0.15) is 42.6 Å². The van der Waals surface area contributed by atoms with Crippen molar-refractivity contribution in [3.63, 3.8) is 0 Å². The summed E-state index contributed by atoms with van der Waals surface area (Å²) >= 11 is 6.01. The van der Waals surface area contributed by atoms with Gasteiger partial charge < -0.3 is 10.4 Å². The van der Waals surface area contributed by atoms with Crippen LogP contribution in [0.25, 0.3) is 0 Å². The van der Waals surface area contributed by atoms with E-state index >= 15 is 0 Å². The minimum Gasteiger partial charge on any atom is -0.396 e. The van der Waals surface area contributed by atoms with Crippen molar-refractivity contribution >= 4 is 17.5 Å². The van der Waals surface area contributed by atoms with Gasteiger partial charge in [0.15, 0.2) is 0 Å². The van der Waals surface area contributed by atoms with E-state index in [4.69, 9.17) is 11.6 Å². The summed E-state index contributed by atoms with van der Waals surface area (Å²) in [6.45, 7) is 6.49. The number of aliphatic hydroxyl groups excluding tert-OH is 1. The van der Waals surface area contributed by atoms with Gasteiger partial charge in [0.2, 0.25) is 0 Å². The van der Waals surface area contributed by atoms with Crippen molar-refractivity contribution in [2.45, 2.75) is 33.6 Å². The lowest BCUT2D eigenvalue weighted by molar-refractivity contribution is 0.0851. The van der Waals surface area contributed by atoms with E-state index in [-0.39, 0.29) is 17.9 Å². The molecule has 0 unspecified atom stereocenters. The average molecular weight is 284 g/mol. The monoisotopic (exact) mass is 283 g/mol. The zero-order valence-electron chi connectivity index (χ0n) is 11.8. The number of aryl methyl sites for hydroxylation is 1. The van der Waals surface area contributed by atoms with Crippen LogP contribution in [0.4, 0.5) is 0 Å². The molecule has 1 aromatic rings. The molecule has 0 fully saturated rings. The van der Waals surface area contributed by atoms with E-state index in [1.807, 2.05) is 26.8 Å². The predicted molar refractivity (Wildman–Crippen MR) is 78.6 cm³/mol. The van der Waals surface area contributed by atoms with Crippen molar-refractivity contribution in [1.29, 1.82) is 0 Å². The Morgan fingerprint density at radius 2 is 2.00 bits per heavy atom. The third-order valence-corrected chi connectivity index (χ3v) is 4.30. The molecule has 4 heteroatoms. The summed E-state index contributed by atoms with van der Waals surface area (Å²) in [4.78, 5) is 12.1. The maximum absolute atomic E-state index is 12.1. The molecule has 0 saturated heterocycles. The van der Waals surface area contributed by atoms with Crippen LogP contribution in [0.15, 0.2) is 18.2 Å². The van der Waals surface area contributed by atoms with Gasteiger partial charge in [0.25, 0.3) is 5.91 Å². The van der Waals surface area contributed by atoms with Gasteiger partial charge in [0, 0.05) is 22.5 Å². The number of carbonyl (C=O) groups excluding carboxylic acids is 1. The number of carbonyl (C=O) groups is 1. The first-order valence-corrected chi connectivity index (χ1v) is 7.01. The maximum Gasteiger partial charge on any atom is 0.251 e. The van der Waals surface area contributed by atoms with Crippen molar-refractivity contribution in [2.75, 3.05) is 13.2 Å². The Kier molecular flexibility index (Phi) is 5.83. The van der Waals surface area contributed by atoms with E-state index in [0.29, 0.717) is 17.1 Å². The summed E-state index contributed by atoms with van der Waals surface area (Å²) in [5, 5.41) is 12.9. The first kappa shape index (κ1) is 16.0. The highest BCUT2D eigenvalue weighted by Gasteiger charge is 2.25. The highest BCUT2D eigenvalue weighted by Crippen LogP contribution is 2.24. The van der Waals surface area contributed by atoms with Crippen molar-refractivity contribution < 1.29 is 9.90 Å². The molecule has 0 radical (unpaired) electrons. The van der Waals surface area contributed by atoms with Gasteiger partial charge in [-0.2, -0.15) is 0 Å². The maximum atomic E-state index is 12.1. The Hall–Kier alpha value is -1.06. The van der Waals surface area contributed by atoms with Crippen LogP contribution in [-0.2, 0) is 0 Å². The van der Waals surface area contributed by atoms with E-state index in [1.165, 1.54) is 0 Å². The van der Waals surface area contributed by atoms with Crippen LogP contribution < -0.4 is 5.32 Å². The van der Waals surface area contributed by atoms with Crippen molar-refractivity contribution in [1.82, 2.24) is 5.32 Å². The minimum absolute atomic E-state index is 0.0783. The second-order valence-electron chi connectivity index (χ2n) is 5.01. The Labute approximate surface area is 120 Å². The van der Waals surface area contributed by atoms with Crippen LogP contribution in [0.3, 0.4) is 0 Å². The van der Waals surface area contributed by atoms with Gasteiger partial charge >= 0.3 is 0 Å². The van der Waals surface area contributed by atoms with E-state index in [9.17, 15) is 9.90 Å². The lowest BCUT2D eigenvalue weighted by Crippen LogP contribution is -2.39. The van der Waals surface area contributed by atoms with Crippen molar-refractivity contribution in [2.24, 2.45) is 5.41 Å². The molecule has 106 valence electrons. The summed E-state index contributed by atoms with van der Waals surface area (Å²) in [6, 6.07) is 5.26. The number of nitrogens with one attached hydrogen (secondary N) is 1. The molecule has 0 atom stereocenters. The fraction of sp³-hybridized carbons (Fsp3) is 0.533. The molecule has 3 nitrogen and oxygen atoms in total. The van der Waals surface area contributed by atoms with Crippen molar-refractivity contribution in [3.8, 4) is 0 Å². The van der Waals surface area contributed by atoms with Gasteiger partial charge in [-0.15, -0.1) is 0 Å². The molecule has 0 saturated carbocycles. The molecular weight excluding hydrogens is 262 g/mol. The molecule has 1 amide bonds. The van der Waals surface area contributed by atoms with Crippen molar-refractivity contribution in [3.05, 3.63) is 34.3 Å². The number of halogens is 1. The Balaban J connectivity index is 2.72. The van der Waals surface area contributed by atoms with Crippen LogP contribution in [0.5, 0.6) is 0 Å². The molecular formula is C15H22ClNO2. The summed E-state index contributed by atoms with van der Waals surface area (Å²) in [6.07, 6.45) is 1.66. The summed E-state index contributed by atoms with van der Waals surface area (Å²) in [5.74, 6) is -0.151. The molecule has 0 heterocycles.